The molecule has 0 N–H and O–H groups in total. The van der Waals surface area contributed by atoms with Crippen molar-refractivity contribution in [3.63, 3.8) is 0 Å². The van der Waals surface area contributed by atoms with E-state index in [1.807, 2.05) is 24.3 Å². The zero-order chi connectivity index (χ0) is 33.3. The Kier molecular flexibility index (Phi) is 11.8. The molecule has 250 valence electrons. The first-order valence-corrected chi connectivity index (χ1v) is 17.9. The smallest absolute Gasteiger partial charge is 0.261 e. The lowest BCUT2D eigenvalue weighted by atomic mass is 9.63. The molecular formula is C41H54N3O3+. The minimum Gasteiger partial charge on any atom is -0.328 e. The summed E-state index contributed by atoms with van der Waals surface area (Å²) in [6.07, 6.45) is 10.4. The highest BCUT2D eigenvalue weighted by atomic mass is 16.2. The van der Waals surface area contributed by atoms with Crippen LogP contribution >= 0.6 is 0 Å². The van der Waals surface area contributed by atoms with Gasteiger partial charge in [-0.1, -0.05) is 92.1 Å². The summed E-state index contributed by atoms with van der Waals surface area (Å²) in [4.78, 5) is 42.7. The Hall–Kier alpha value is -3.61. The third-order valence-electron chi connectivity index (χ3n) is 10.7. The Morgan fingerprint density at radius 2 is 1.15 bits per heavy atom. The summed E-state index contributed by atoms with van der Waals surface area (Å²) in [6.45, 7) is 7.63. The number of carbonyl (C=O) groups excluding carboxylic acids is 3. The molecule has 1 fully saturated rings. The van der Waals surface area contributed by atoms with E-state index in [4.69, 9.17) is 0 Å². The third-order valence-corrected chi connectivity index (χ3v) is 10.7. The van der Waals surface area contributed by atoms with Crippen LogP contribution in [0.1, 0.15) is 96.6 Å². The zero-order valence-electron chi connectivity index (χ0n) is 28.8. The van der Waals surface area contributed by atoms with Crippen LogP contribution in [0, 0.1) is 5.92 Å². The van der Waals surface area contributed by atoms with E-state index < -0.39 is 5.41 Å². The van der Waals surface area contributed by atoms with E-state index in [1.54, 1.807) is 19.1 Å². The lowest BCUT2D eigenvalue weighted by Gasteiger charge is -2.38. The first-order valence-electron chi connectivity index (χ1n) is 17.9. The van der Waals surface area contributed by atoms with Gasteiger partial charge in [0.15, 0.2) is 0 Å². The first-order chi connectivity index (χ1) is 22.7. The maximum absolute atomic E-state index is 13.5. The van der Waals surface area contributed by atoms with Gasteiger partial charge in [0.2, 0.25) is 0 Å². The highest BCUT2D eigenvalue weighted by Crippen LogP contribution is 2.44. The molecule has 0 spiro atoms. The van der Waals surface area contributed by atoms with Gasteiger partial charge in [-0.2, -0.15) is 0 Å². The van der Waals surface area contributed by atoms with Crippen LogP contribution in [0.25, 0.3) is 0 Å². The molecule has 6 heteroatoms. The second kappa shape index (κ2) is 16.0. The second-order valence-corrected chi connectivity index (χ2v) is 14.4. The number of ketones is 1. The van der Waals surface area contributed by atoms with Crippen molar-refractivity contribution in [2.75, 3.05) is 53.4 Å². The number of carbonyl (C=O) groups is 3. The Morgan fingerprint density at radius 1 is 0.681 bits per heavy atom. The van der Waals surface area contributed by atoms with Crippen LogP contribution in [0.4, 0.5) is 0 Å². The minimum atomic E-state index is -0.595. The van der Waals surface area contributed by atoms with Crippen LogP contribution in [0.3, 0.4) is 0 Å². The van der Waals surface area contributed by atoms with Crippen molar-refractivity contribution in [2.45, 2.75) is 70.1 Å². The van der Waals surface area contributed by atoms with E-state index in [0.29, 0.717) is 17.7 Å². The fraction of sp³-hybridized carbons (Fsp3) is 0.488. The number of imide groups is 1. The molecule has 2 amide bonds. The third kappa shape index (κ3) is 8.10. The van der Waals surface area contributed by atoms with Crippen molar-refractivity contribution in [3.8, 4) is 0 Å². The van der Waals surface area contributed by atoms with Crippen LogP contribution in [-0.4, -0.2) is 85.2 Å². The summed E-state index contributed by atoms with van der Waals surface area (Å²) in [5, 5.41) is 0. The van der Waals surface area contributed by atoms with Crippen LogP contribution in [0.2, 0.25) is 0 Å². The molecule has 3 aromatic rings. The molecule has 0 aliphatic carbocycles. The van der Waals surface area contributed by atoms with Gasteiger partial charge in [-0.05, 0) is 87.7 Å². The number of benzene rings is 3. The van der Waals surface area contributed by atoms with E-state index in [-0.39, 0.29) is 23.5 Å². The quantitative estimate of drug-likeness (QED) is 0.0831. The van der Waals surface area contributed by atoms with Gasteiger partial charge in [-0.3, -0.25) is 19.3 Å². The van der Waals surface area contributed by atoms with Gasteiger partial charge in [0.05, 0.1) is 43.7 Å². The lowest BCUT2D eigenvalue weighted by molar-refractivity contribution is -0.890. The van der Waals surface area contributed by atoms with E-state index >= 15 is 0 Å². The molecule has 2 heterocycles. The summed E-state index contributed by atoms with van der Waals surface area (Å²) in [7, 11) is 4.59. The number of hydrogen-bond acceptors (Lipinski definition) is 4. The molecule has 0 radical (unpaired) electrons. The largest absolute Gasteiger partial charge is 0.328 e. The molecule has 2 aliphatic heterocycles. The van der Waals surface area contributed by atoms with Crippen LogP contribution in [0.15, 0.2) is 84.9 Å². The number of amides is 2. The maximum atomic E-state index is 13.5. The molecule has 3 aromatic carbocycles. The molecule has 47 heavy (non-hydrogen) atoms. The number of fused-ring (bicyclic) bond motifs is 1. The average molecular weight is 637 g/mol. The summed E-state index contributed by atoms with van der Waals surface area (Å²) in [5.74, 6) is 0.216. The lowest BCUT2D eigenvalue weighted by Crippen LogP contribution is -2.44. The number of likely N-dealkylation sites (tertiary alicyclic amines) is 1. The predicted octanol–water partition coefficient (Wildman–Crippen LogP) is 7.38. The average Bonchev–Trinajstić information content (AvgIpc) is 3.64. The molecule has 1 saturated heterocycles. The minimum absolute atomic E-state index is 0.148. The van der Waals surface area contributed by atoms with Gasteiger partial charge >= 0.3 is 0 Å². The van der Waals surface area contributed by atoms with Crippen LogP contribution in [0.5, 0.6) is 0 Å². The molecule has 2 aliphatic rings. The van der Waals surface area contributed by atoms with Gasteiger partial charge < -0.3 is 9.38 Å². The Balaban J connectivity index is 0.968. The van der Waals surface area contributed by atoms with Crippen LogP contribution < -0.4 is 0 Å². The van der Waals surface area contributed by atoms with Gasteiger partial charge in [0, 0.05) is 13.1 Å². The molecule has 0 saturated carbocycles. The molecular weight excluding hydrogens is 582 g/mol. The Bertz CT molecular complexity index is 1410. The topological polar surface area (TPSA) is 57.7 Å². The van der Waals surface area contributed by atoms with E-state index in [1.165, 1.54) is 43.4 Å². The number of unbranched alkanes of at least 4 members (excludes halogenated alkanes) is 6. The molecule has 1 unspecified atom stereocenters. The van der Waals surface area contributed by atoms with E-state index in [0.717, 1.165) is 67.6 Å². The molecule has 5 rings (SSSR count). The molecule has 6 nitrogen and oxygen atoms in total. The normalized spacial score (nSPS) is 17.0. The SMILES string of the molecule is CC(=O)C(c1ccccc1)(c1ccccc1)C1CCN(CCCCCCCC[N+](C)(C)CCCCN2C(=O)c3ccccc3C2=O)C1. The Labute approximate surface area is 282 Å². The van der Waals surface area contributed by atoms with Gasteiger partial charge in [-0.25, -0.2) is 0 Å². The van der Waals surface area contributed by atoms with E-state index in [2.05, 4.69) is 67.5 Å². The summed E-state index contributed by atoms with van der Waals surface area (Å²) >= 11 is 0. The molecule has 0 aromatic heterocycles. The highest BCUT2D eigenvalue weighted by Gasteiger charge is 2.48. The van der Waals surface area contributed by atoms with Crippen LogP contribution in [-0.2, 0) is 10.2 Å². The van der Waals surface area contributed by atoms with Gasteiger partial charge in [0.1, 0.15) is 5.78 Å². The van der Waals surface area contributed by atoms with Gasteiger partial charge in [-0.15, -0.1) is 0 Å². The predicted molar refractivity (Wildman–Crippen MR) is 189 cm³/mol. The first kappa shape index (κ1) is 34.7. The summed E-state index contributed by atoms with van der Waals surface area (Å²) in [6, 6.07) is 28.0. The van der Waals surface area contributed by atoms with Gasteiger partial charge in [0.25, 0.3) is 11.8 Å². The number of rotatable bonds is 18. The summed E-state index contributed by atoms with van der Waals surface area (Å²) < 4.78 is 0.978. The number of quaternary nitrogens is 1. The highest BCUT2D eigenvalue weighted by molar-refractivity contribution is 6.21. The van der Waals surface area contributed by atoms with Crippen molar-refractivity contribution >= 4 is 17.6 Å². The van der Waals surface area contributed by atoms with Crippen molar-refractivity contribution in [3.05, 3.63) is 107 Å². The van der Waals surface area contributed by atoms with Crippen molar-refractivity contribution in [1.29, 1.82) is 0 Å². The second-order valence-electron chi connectivity index (χ2n) is 14.4. The van der Waals surface area contributed by atoms with Crippen molar-refractivity contribution in [1.82, 2.24) is 9.80 Å². The standard InChI is InChI=1S/C41H54N3O3/c1-33(45)41(34-20-10-8-11-21-34,35-22-12-9-13-23-35)36-26-29-42(32-36)27-16-6-4-5-7-18-30-44(2,3)31-19-17-28-43-39(46)37-24-14-15-25-38(37)40(43)47/h8-15,20-25,36H,4-7,16-19,26-32H2,1-3H3/q+1. The van der Waals surface area contributed by atoms with E-state index in [9.17, 15) is 14.4 Å². The Morgan fingerprint density at radius 3 is 1.70 bits per heavy atom. The van der Waals surface area contributed by atoms with Crippen molar-refractivity contribution in [2.24, 2.45) is 5.92 Å². The fourth-order valence-electron chi connectivity index (χ4n) is 8.07. The number of nitrogens with zero attached hydrogens (tertiary/aromatic N) is 3. The number of Topliss-reactive ketones (excluding diaryl/α,β-unsaturated/α-hetero) is 1. The monoisotopic (exact) mass is 636 g/mol. The number of hydrogen-bond donors (Lipinski definition) is 0. The zero-order valence-corrected chi connectivity index (χ0v) is 28.8. The van der Waals surface area contributed by atoms with Crippen molar-refractivity contribution < 1.29 is 18.9 Å². The fourth-order valence-corrected chi connectivity index (χ4v) is 8.07. The molecule has 1 atom stereocenters. The maximum Gasteiger partial charge on any atom is 0.261 e. The molecule has 0 bridgehead atoms. The summed E-state index contributed by atoms with van der Waals surface area (Å²) in [5.41, 5.74) is 2.72.